The SMILES string of the molecule is N#Cc1ccnc(NC(=O)c2ccc(C3=NC(C4CCc5[nH]nc(C6CC6)c5C4)=C4C=NC=C[N+]34N)cc2)c1. The second kappa shape index (κ2) is 8.94. The van der Waals surface area contributed by atoms with Crippen LogP contribution in [0.5, 0.6) is 0 Å². The van der Waals surface area contributed by atoms with E-state index in [-0.39, 0.29) is 16.4 Å². The standard InChI is InChI=1S/C29H25N9O/c30-15-17-9-10-33-25(13-17)34-29(39)20-5-3-19(4-6-20)28-35-27(24-16-32-11-12-38(24,28)31)21-7-8-23-22(14-21)26(37-36-23)18-1-2-18/h3-6,9-13,16,18,21H,1-2,7-8,14,31H2,(H-,33,34,36,37,39)/p+1. The molecule has 1 amide bonds. The average molecular weight is 517 g/mol. The number of allylic oxidation sites excluding steroid dienone is 2. The van der Waals surface area contributed by atoms with E-state index in [1.54, 1.807) is 24.4 Å². The van der Waals surface area contributed by atoms with Crippen LogP contribution in [0, 0.1) is 17.2 Å². The molecule has 0 saturated heterocycles. The van der Waals surface area contributed by atoms with Gasteiger partial charge in [0.05, 0.1) is 35.3 Å². The zero-order valence-corrected chi connectivity index (χ0v) is 21.1. The number of aromatic nitrogens is 3. The summed E-state index contributed by atoms with van der Waals surface area (Å²) in [6.45, 7) is 0. The molecule has 192 valence electrons. The smallest absolute Gasteiger partial charge is 0.264 e. The van der Waals surface area contributed by atoms with E-state index < -0.39 is 0 Å². The van der Waals surface area contributed by atoms with Crippen molar-refractivity contribution in [3.8, 4) is 6.07 Å². The van der Waals surface area contributed by atoms with Crippen LogP contribution >= 0.6 is 0 Å². The Balaban J connectivity index is 1.16. The minimum absolute atomic E-state index is 0.0561. The predicted octanol–water partition coefficient (Wildman–Crippen LogP) is 3.83. The highest BCUT2D eigenvalue weighted by atomic mass is 16.1. The molecule has 2 aliphatic heterocycles. The summed E-state index contributed by atoms with van der Waals surface area (Å²) in [5.41, 5.74) is 7.41. The molecule has 10 heteroatoms. The van der Waals surface area contributed by atoms with Gasteiger partial charge in [0.1, 0.15) is 17.7 Å². The third-order valence-electron chi connectivity index (χ3n) is 7.89. The minimum Gasteiger partial charge on any atom is -0.307 e. The van der Waals surface area contributed by atoms with Crippen LogP contribution in [-0.2, 0) is 12.8 Å². The van der Waals surface area contributed by atoms with Crippen molar-refractivity contribution < 1.29 is 9.39 Å². The number of amides is 1. The fraction of sp³-hybridized carbons (Fsp3) is 0.241. The summed E-state index contributed by atoms with van der Waals surface area (Å²) in [6, 6.07) is 12.4. The topological polar surface area (TPSA) is 145 Å². The van der Waals surface area contributed by atoms with Gasteiger partial charge in [0.15, 0.2) is 0 Å². The van der Waals surface area contributed by atoms with Crippen molar-refractivity contribution in [1.82, 2.24) is 15.2 Å². The van der Waals surface area contributed by atoms with Gasteiger partial charge in [0.25, 0.3) is 11.7 Å². The number of quaternary nitrogens is 1. The molecule has 0 bridgehead atoms. The number of carbonyl (C=O) groups is 1. The number of carbonyl (C=O) groups excluding carboxylic acids is 1. The molecule has 7 rings (SSSR count). The van der Waals surface area contributed by atoms with Crippen molar-refractivity contribution in [3.63, 3.8) is 0 Å². The number of nitriles is 1. The number of nitrogens with two attached hydrogens (primary N) is 1. The number of H-pyrrole nitrogens is 1. The van der Waals surface area contributed by atoms with E-state index in [4.69, 9.17) is 16.1 Å². The van der Waals surface area contributed by atoms with Gasteiger partial charge >= 0.3 is 0 Å². The molecule has 1 saturated carbocycles. The van der Waals surface area contributed by atoms with Gasteiger partial charge in [-0.3, -0.25) is 14.9 Å². The number of aromatic amines is 1. The van der Waals surface area contributed by atoms with Crippen LogP contribution in [-0.4, -0.2) is 37.7 Å². The molecule has 4 N–H and O–H groups in total. The Morgan fingerprint density at radius 1 is 1.15 bits per heavy atom. The fourth-order valence-electron chi connectivity index (χ4n) is 5.68. The van der Waals surface area contributed by atoms with E-state index in [0.29, 0.717) is 28.7 Å². The number of pyridine rings is 1. The largest absolute Gasteiger partial charge is 0.307 e. The molecule has 39 heavy (non-hydrogen) atoms. The summed E-state index contributed by atoms with van der Waals surface area (Å²) >= 11 is 0. The van der Waals surface area contributed by atoms with E-state index >= 15 is 0 Å². The van der Waals surface area contributed by atoms with Gasteiger partial charge in [-0.15, -0.1) is 4.59 Å². The molecule has 0 spiro atoms. The van der Waals surface area contributed by atoms with Crippen LogP contribution in [0.1, 0.15) is 63.6 Å². The maximum Gasteiger partial charge on any atom is 0.264 e. The lowest BCUT2D eigenvalue weighted by molar-refractivity contribution is -0.750. The Morgan fingerprint density at radius 3 is 2.79 bits per heavy atom. The molecule has 2 unspecified atom stereocenters. The maximum atomic E-state index is 12.8. The summed E-state index contributed by atoms with van der Waals surface area (Å²) in [5, 5.41) is 19.7. The Bertz CT molecular complexity index is 1670. The number of fused-ring (bicyclic) bond motifs is 2. The number of anilines is 1. The van der Waals surface area contributed by atoms with Crippen molar-refractivity contribution >= 4 is 23.8 Å². The van der Waals surface area contributed by atoms with Crippen LogP contribution < -0.4 is 11.2 Å². The molecule has 1 fully saturated rings. The lowest BCUT2D eigenvalue weighted by atomic mass is 9.83. The molecule has 3 aromatic rings. The lowest BCUT2D eigenvalue weighted by Crippen LogP contribution is -2.53. The average Bonchev–Trinajstić information content (AvgIpc) is 3.64. The quantitative estimate of drug-likeness (QED) is 0.349. The molecular formula is C29H26N9O+. The van der Waals surface area contributed by atoms with E-state index in [9.17, 15) is 4.79 Å². The number of aliphatic imine (C=N–C) groups is 2. The number of amidine groups is 1. The molecule has 0 radical (unpaired) electrons. The third-order valence-corrected chi connectivity index (χ3v) is 7.89. The number of aryl methyl sites for hydroxylation is 1. The zero-order valence-electron chi connectivity index (χ0n) is 21.1. The second-order valence-corrected chi connectivity index (χ2v) is 10.4. The van der Waals surface area contributed by atoms with Gasteiger partial charge in [-0.05, 0) is 74.1 Å². The molecule has 1 aromatic carbocycles. The van der Waals surface area contributed by atoms with E-state index in [1.165, 1.54) is 42.1 Å². The number of nitrogens with one attached hydrogen (secondary N) is 2. The van der Waals surface area contributed by atoms with Gasteiger partial charge in [-0.1, -0.05) is 0 Å². The first kappa shape index (κ1) is 23.4. The van der Waals surface area contributed by atoms with Crippen molar-refractivity contribution in [1.29, 1.82) is 5.26 Å². The molecule has 2 atom stereocenters. The molecule has 2 aromatic heterocycles. The Kier molecular flexibility index (Phi) is 5.36. The summed E-state index contributed by atoms with van der Waals surface area (Å²) in [7, 11) is 0. The number of rotatable bonds is 5. The van der Waals surface area contributed by atoms with E-state index in [1.807, 2.05) is 30.6 Å². The third kappa shape index (κ3) is 4.00. The molecule has 4 aliphatic rings. The van der Waals surface area contributed by atoms with Crippen LogP contribution in [0.4, 0.5) is 5.82 Å². The van der Waals surface area contributed by atoms with Crippen LogP contribution in [0.3, 0.4) is 0 Å². The van der Waals surface area contributed by atoms with Crippen molar-refractivity contribution in [2.45, 2.75) is 38.0 Å². The highest BCUT2D eigenvalue weighted by Crippen LogP contribution is 2.45. The summed E-state index contributed by atoms with van der Waals surface area (Å²) in [4.78, 5) is 26.5. The number of hydrogen-bond donors (Lipinski definition) is 3. The highest BCUT2D eigenvalue weighted by molar-refractivity contribution is 6.05. The molecule has 10 nitrogen and oxygen atoms in total. The summed E-state index contributed by atoms with van der Waals surface area (Å²) < 4.78 is -0.0561. The second-order valence-electron chi connectivity index (χ2n) is 10.4. The number of nitrogens with zero attached hydrogens (tertiary/aromatic N) is 6. The molecule has 2 aliphatic carbocycles. The van der Waals surface area contributed by atoms with Crippen LogP contribution in [0.2, 0.25) is 0 Å². The zero-order chi connectivity index (χ0) is 26.6. The minimum atomic E-state index is -0.316. The van der Waals surface area contributed by atoms with E-state index in [0.717, 1.165) is 36.2 Å². The van der Waals surface area contributed by atoms with Gasteiger partial charge in [0, 0.05) is 29.3 Å². The first-order chi connectivity index (χ1) is 19.0. The van der Waals surface area contributed by atoms with Gasteiger partial charge in [-0.25, -0.2) is 4.98 Å². The monoisotopic (exact) mass is 516 g/mol. The maximum absolute atomic E-state index is 12.8. The molecule has 4 heterocycles. The Labute approximate surface area is 224 Å². The predicted molar refractivity (Wildman–Crippen MR) is 145 cm³/mol. The Hall–Kier alpha value is -4.72. The van der Waals surface area contributed by atoms with Crippen molar-refractivity contribution in [2.24, 2.45) is 21.7 Å². The number of benzene rings is 1. The van der Waals surface area contributed by atoms with Gasteiger partial charge < -0.3 is 5.32 Å². The lowest BCUT2D eigenvalue weighted by Gasteiger charge is -2.27. The van der Waals surface area contributed by atoms with Crippen LogP contribution in [0.15, 0.2) is 76.4 Å². The molecular weight excluding hydrogens is 490 g/mol. The first-order valence-electron chi connectivity index (χ1n) is 13.1. The van der Waals surface area contributed by atoms with Gasteiger partial charge in [0.2, 0.25) is 5.70 Å². The normalized spacial score (nSPS) is 23.2. The van der Waals surface area contributed by atoms with E-state index in [2.05, 4.69) is 25.5 Å². The van der Waals surface area contributed by atoms with Crippen molar-refractivity contribution in [3.05, 3.63) is 100 Å². The van der Waals surface area contributed by atoms with Crippen molar-refractivity contribution in [2.75, 3.05) is 5.32 Å². The summed E-state index contributed by atoms with van der Waals surface area (Å²) in [5.74, 6) is 8.48. The number of hydrogen-bond acceptors (Lipinski definition) is 7. The Morgan fingerprint density at radius 2 is 2.00 bits per heavy atom. The first-order valence-corrected chi connectivity index (χ1v) is 13.1. The highest BCUT2D eigenvalue weighted by Gasteiger charge is 2.46. The van der Waals surface area contributed by atoms with Gasteiger partial charge in [-0.2, -0.15) is 21.2 Å². The fourth-order valence-corrected chi connectivity index (χ4v) is 5.68. The summed E-state index contributed by atoms with van der Waals surface area (Å²) in [6.07, 6.45) is 12.1. The van der Waals surface area contributed by atoms with Crippen LogP contribution in [0.25, 0.3) is 0 Å².